The first kappa shape index (κ1) is 18.5. The average molecular weight is 379 g/mol. The second-order valence-corrected chi connectivity index (χ2v) is 7.59. The minimum Gasteiger partial charge on any atom is -0.481 e. The van der Waals surface area contributed by atoms with Crippen LogP contribution in [0.3, 0.4) is 0 Å². The van der Waals surface area contributed by atoms with E-state index in [0.717, 1.165) is 36.8 Å². The predicted octanol–water partition coefficient (Wildman–Crippen LogP) is 3.55. The fraction of sp³-hybridized carbons (Fsp3) is 0.409. The highest BCUT2D eigenvalue weighted by Crippen LogP contribution is 2.34. The van der Waals surface area contributed by atoms with Gasteiger partial charge in [-0.1, -0.05) is 18.2 Å². The van der Waals surface area contributed by atoms with Crippen LogP contribution in [0.2, 0.25) is 0 Å². The van der Waals surface area contributed by atoms with E-state index in [1.54, 1.807) is 25.3 Å². The smallest absolute Gasteiger partial charge is 0.254 e. The molecule has 4 rings (SSSR count). The van der Waals surface area contributed by atoms with Gasteiger partial charge >= 0.3 is 0 Å². The van der Waals surface area contributed by atoms with Crippen LogP contribution in [0.5, 0.6) is 5.88 Å². The molecule has 0 saturated heterocycles. The number of ether oxygens (including phenoxy) is 1. The van der Waals surface area contributed by atoms with Crippen molar-refractivity contribution in [3.8, 4) is 5.88 Å². The van der Waals surface area contributed by atoms with Crippen molar-refractivity contribution in [2.45, 2.75) is 45.2 Å². The number of hydrogen-bond acceptors (Lipinski definition) is 4. The van der Waals surface area contributed by atoms with E-state index in [-0.39, 0.29) is 23.8 Å². The van der Waals surface area contributed by atoms with Gasteiger partial charge in [0.15, 0.2) is 0 Å². The van der Waals surface area contributed by atoms with Gasteiger partial charge in [-0.05, 0) is 55.9 Å². The molecule has 146 valence electrons. The molecule has 2 aliphatic rings. The molecule has 2 heterocycles. The number of anilines is 1. The zero-order valence-corrected chi connectivity index (χ0v) is 16.3. The van der Waals surface area contributed by atoms with Crippen molar-refractivity contribution < 1.29 is 14.3 Å². The largest absolute Gasteiger partial charge is 0.481 e. The van der Waals surface area contributed by atoms with E-state index in [0.29, 0.717) is 18.2 Å². The molecule has 0 spiro atoms. The quantitative estimate of drug-likeness (QED) is 0.882. The maximum Gasteiger partial charge on any atom is 0.254 e. The van der Waals surface area contributed by atoms with Crippen LogP contribution in [0.25, 0.3) is 0 Å². The molecule has 0 unspecified atom stereocenters. The third kappa shape index (κ3) is 3.46. The van der Waals surface area contributed by atoms with Crippen molar-refractivity contribution >= 4 is 17.6 Å². The number of aryl methyl sites for hydroxylation is 1. The molecule has 0 bridgehead atoms. The molecular formula is C22H25N3O3. The Hall–Kier alpha value is -2.89. The van der Waals surface area contributed by atoms with Gasteiger partial charge in [0.1, 0.15) is 5.82 Å². The lowest BCUT2D eigenvalue weighted by molar-refractivity contribution is -0.121. The van der Waals surface area contributed by atoms with Crippen molar-refractivity contribution in [2.24, 2.45) is 5.92 Å². The summed E-state index contributed by atoms with van der Waals surface area (Å²) < 4.78 is 5.10. The van der Waals surface area contributed by atoms with Crippen LogP contribution in [-0.4, -0.2) is 34.8 Å². The van der Waals surface area contributed by atoms with Gasteiger partial charge in [0.25, 0.3) is 5.91 Å². The molecule has 1 fully saturated rings. The summed E-state index contributed by atoms with van der Waals surface area (Å²) >= 11 is 0. The molecule has 1 saturated carbocycles. The Balaban J connectivity index is 1.35. The average Bonchev–Trinajstić information content (AvgIpc) is 3.06. The molecule has 28 heavy (non-hydrogen) atoms. The predicted molar refractivity (Wildman–Crippen MR) is 106 cm³/mol. The lowest BCUT2D eigenvalue weighted by Gasteiger charge is -2.34. The number of rotatable bonds is 4. The maximum atomic E-state index is 12.8. The number of benzene rings is 1. The number of aromatic nitrogens is 1. The maximum absolute atomic E-state index is 12.8. The Morgan fingerprint density at radius 2 is 1.89 bits per heavy atom. The van der Waals surface area contributed by atoms with Gasteiger partial charge in [0.2, 0.25) is 11.8 Å². The van der Waals surface area contributed by atoms with Gasteiger partial charge in [0, 0.05) is 30.1 Å². The van der Waals surface area contributed by atoms with Crippen LogP contribution in [0.15, 0.2) is 36.4 Å². The Labute approximate surface area is 164 Å². The second kappa shape index (κ2) is 7.62. The summed E-state index contributed by atoms with van der Waals surface area (Å²) in [5.74, 6) is 1.06. The lowest BCUT2D eigenvalue weighted by Crippen LogP contribution is -2.40. The summed E-state index contributed by atoms with van der Waals surface area (Å²) in [7, 11) is 1.55. The number of nitrogens with one attached hydrogen (secondary N) is 1. The first-order valence-electron chi connectivity index (χ1n) is 9.78. The summed E-state index contributed by atoms with van der Waals surface area (Å²) in [5, 5.41) is 2.89. The molecule has 6 heteroatoms. The number of hydrogen-bond donors (Lipinski definition) is 1. The van der Waals surface area contributed by atoms with Crippen molar-refractivity contribution in [1.29, 1.82) is 0 Å². The van der Waals surface area contributed by atoms with Crippen molar-refractivity contribution in [1.82, 2.24) is 9.88 Å². The number of amides is 2. The van der Waals surface area contributed by atoms with Gasteiger partial charge in [-0.25, -0.2) is 0 Å². The summed E-state index contributed by atoms with van der Waals surface area (Å²) in [6.45, 7) is 2.75. The zero-order chi connectivity index (χ0) is 19.7. The van der Waals surface area contributed by atoms with Crippen LogP contribution >= 0.6 is 0 Å². The Kier molecular flexibility index (Phi) is 5.03. The minimum atomic E-state index is -0.0499. The number of pyridine rings is 1. The normalized spacial score (nSPS) is 21.4. The van der Waals surface area contributed by atoms with Crippen molar-refractivity contribution in [3.05, 3.63) is 53.1 Å². The zero-order valence-electron chi connectivity index (χ0n) is 16.3. The number of carbonyl (C=O) groups is 2. The first-order valence-corrected chi connectivity index (χ1v) is 9.78. The SMILES string of the molecule is COc1cccc(NC(=O)C2CCC(N3Cc4c(C)cccc4C3=O)CC2)n1. The number of carbonyl (C=O) groups excluding carboxylic acids is 2. The van der Waals surface area contributed by atoms with E-state index in [1.165, 1.54) is 5.56 Å². The monoisotopic (exact) mass is 379 g/mol. The lowest BCUT2D eigenvalue weighted by atomic mass is 9.84. The molecule has 0 atom stereocenters. The standard InChI is InChI=1S/C22H25N3O3/c1-14-5-3-6-17-18(14)13-25(22(17)27)16-11-9-15(10-12-16)21(26)24-19-7-4-8-20(23-19)28-2/h3-8,15-16H,9-13H2,1-2H3,(H,23,24,26). The van der Waals surface area contributed by atoms with E-state index >= 15 is 0 Å². The number of methoxy groups -OCH3 is 1. The molecule has 1 aliphatic carbocycles. The molecule has 1 aromatic heterocycles. The summed E-state index contributed by atoms with van der Waals surface area (Å²) in [6.07, 6.45) is 3.25. The first-order chi connectivity index (χ1) is 13.6. The molecule has 6 nitrogen and oxygen atoms in total. The van der Waals surface area contributed by atoms with Gasteiger partial charge in [-0.3, -0.25) is 9.59 Å². The third-order valence-electron chi connectivity index (χ3n) is 5.92. The summed E-state index contributed by atoms with van der Waals surface area (Å²) in [6, 6.07) is 11.4. The topological polar surface area (TPSA) is 71.5 Å². The highest BCUT2D eigenvalue weighted by atomic mass is 16.5. The van der Waals surface area contributed by atoms with Gasteiger partial charge in [-0.2, -0.15) is 4.98 Å². The highest BCUT2D eigenvalue weighted by Gasteiger charge is 2.36. The second-order valence-electron chi connectivity index (χ2n) is 7.59. The Morgan fingerprint density at radius 3 is 2.61 bits per heavy atom. The molecule has 1 N–H and O–H groups in total. The van der Waals surface area contributed by atoms with E-state index in [2.05, 4.69) is 23.3 Å². The fourth-order valence-corrected chi connectivity index (χ4v) is 4.28. The highest BCUT2D eigenvalue weighted by molar-refractivity contribution is 5.99. The summed E-state index contributed by atoms with van der Waals surface area (Å²) in [5.41, 5.74) is 3.16. The minimum absolute atomic E-state index is 0.00826. The van der Waals surface area contributed by atoms with Crippen molar-refractivity contribution in [3.63, 3.8) is 0 Å². The number of nitrogens with zero attached hydrogens (tertiary/aromatic N) is 2. The molecular weight excluding hydrogens is 354 g/mol. The third-order valence-corrected chi connectivity index (χ3v) is 5.92. The van der Waals surface area contributed by atoms with Crippen molar-refractivity contribution in [2.75, 3.05) is 12.4 Å². The number of fused-ring (bicyclic) bond motifs is 1. The van der Waals surface area contributed by atoms with Crippen LogP contribution in [-0.2, 0) is 11.3 Å². The molecule has 2 amide bonds. The van der Waals surface area contributed by atoms with Crippen LogP contribution < -0.4 is 10.1 Å². The molecule has 1 aliphatic heterocycles. The van der Waals surface area contributed by atoms with E-state index < -0.39 is 0 Å². The summed E-state index contributed by atoms with van der Waals surface area (Å²) in [4.78, 5) is 31.6. The Morgan fingerprint density at radius 1 is 1.14 bits per heavy atom. The van der Waals surface area contributed by atoms with E-state index in [1.807, 2.05) is 17.0 Å². The van der Waals surface area contributed by atoms with Gasteiger partial charge in [-0.15, -0.1) is 0 Å². The van der Waals surface area contributed by atoms with Gasteiger partial charge in [0.05, 0.1) is 7.11 Å². The van der Waals surface area contributed by atoms with Crippen LogP contribution in [0, 0.1) is 12.8 Å². The van der Waals surface area contributed by atoms with Gasteiger partial charge < -0.3 is 15.0 Å². The van der Waals surface area contributed by atoms with Crippen LogP contribution in [0.1, 0.15) is 47.2 Å². The van der Waals surface area contributed by atoms with E-state index in [9.17, 15) is 9.59 Å². The van der Waals surface area contributed by atoms with Crippen LogP contribution in [0.4, 0.5) is 5.82 Å². The molecule has 1 aromatic carbocycles. The van der Waals surface area contributed by atoms with E-state index in [4.69, 9.17) is 4.74 Å². The molecule has 0 radical (unpaired) electrons. The fourth-order valence-electron chi connectivity index (χ4n) is 4.28. The molecule has 2 aromatic rings. The Bertz CT molecular complexity index is 904.